The van der Waals surface area contributed by atoms with Gasteiger partial charge in [0.2, 0.25) is 5.91 Å². The van der Waals surface area contributed by atoms with E-state index in [1.54, 1.807) is 11.8 Å². The molecule has 3 nitrogen and oxygen atoms in total. The molecular formula is C14H18ClNO2S. The van der Waals surface area contributed by atoms with Crippen LogP contribution >= 0.6 is 23.4 Å². The molecule has 0 saturated heterocycles. The van der Waals surface area contributed by atoms with Crippen LogP contribution in [0.2, 0.25) is 5.02 Å². The highest BCUT2D eigenvalue weighted by atomic mass is 35.5. The highest BCUT2D eigenvalue weighted by Gasteiger charge is 2.34. The molecule has 1 aliphatic carbocycles. The first kappa shape index (κ1) is 14.7. The van der Waals surface area contributed by atoms with Crippen LogP contribution in [-0.2, 0) is 10.5 Å². The van der Waals surface area contributed by atoms with E-state index < -0.39 is 5.60 Å². The number of benzene rings is 1. The lowest BCUT2D eigenvalue weighted by molar-refractivity contribution is -0.121. The molecule has 104 valence electrons. The molecule has 0 aliphatic heterocycles. The molecule has 1 fully saturated rings. The third-order valence-electron chi connectivity index (χ3n) is 3.29. The Labute approximate surface area is 122 Å². The van der Waals surface area contributed by atoms with E-state index in [9.17, 15) is 9.90 Å². The van der Waals surface area contributed by atoms with Gasteiger partial charge in [0.05, 0.1) is 11.4 Å². The summed E-state index contributed by atoms with van der Waals surface area (Å²) in [6.45, 7) is 0.379. The second kappa shape index (κ2) is 6.64. The zero-order valence-electron chi connectivity index (χ0n) is 10.7. The molecule has 0 spiro atoms. The van der Waals surface area contributed by atoms with E-state index in [2.05, 4.69) is 5.32 Å². The van der Waals surface area contributed by atoms with Crippen LogP contribution in [0.25, 0.3) is 0 Å². The van der Waals surface area contributed by atoms with Crippen molar-refractivity contribution in [1.29, 1.82) is 0 Å². The molecule has 0 bridgehead atoms. The number of hydrogen-bond acceptors (Lipinski definition) is 3. The van der Waals surface area contributed by atoms with E-state index in [0.29, 0.717) is 12.3 Å². The molecule has 0 atom stereocenters. The van der Waals surface area contributed by atoms with Crippen molar-refractivity contribution in [2.45, 2.75) is 30.6 Å². The van der Waals surface area contributed by atoms with Crippen molar-refractivity contribution in [3.8, 4) is 0 Å². The normalized spacial score (nSPS) is 16.7. The van der Waals surface area contributed by atoms with E-state index in [4.69, 9.17) is 11.6 Å². The average Bonchev–Trinajstić information content (AvgIpc) is 2.34. The van der Waals surface area contributed by atoms with Gasteiger partial charge in [-0.15, -0.1) is 11.8 Å². The summed E-state index contributed by atoms with van der Waals surface area (Å²) in [5, 5.41) is 13.4. The minimum atomic E-state index is -0.646. The van der Waals surface area contributed by atoms with Crippen molar-refractivity contribution in [2.24, 2.45) is 0 Å². The number of carbonyl (C=O) groups excluding carboxylic acids is 1. The van der Waals surface area contributed by atoms with Crippen molar-refractivity contribution in [3.05, 3.63) is 34.9 Å². The van der Waals surface area contributed by atoms with Gasteiger partial charge in [0.25, 0.3) is 0 Å². The maximum absolute atomic E-state index is 11.6. The first-order chi connectivity index (χ1) is 9.07. The zero-order chi connectivity index (χ0) is 13.7. The predicted molar refractivity (Wildman–Crippen MR) is 79.4 cm³/mol. The third kappa shape index (κ3) is 4.71. The summed E-state index contributed by atoms with van der Waals surface area (Å²) >= 11 is 7.44. The van der Waals surface area contributed by atoms with Crippen LogP contribution in [0.4, 0.5) is 0 Å². The van der Waals surface area contributed by atoms with Gasteiger partial charge in [-0.25, -0.2) is 0 Å². The fraction of sp³-hybridized carbons (Fsp3) is 0.500. The van der Waals surface area contributed by atoms with Crippen LogP contribution in [0.1, 0.15) is 24.8 Å². The quantitative estimate of drug-likeness (QED) is 0.849. The number of hydrogen-bond donors (Lipinski definition) is 2. The van der Waals surface area contributed by atoms with Gasteiger partial charge in [-0.1, -0.05) is 23.7 Å². The molecule has 0 aromatic heterocycles. The SMILES string of the molecule is O=C(CSCc1cccc(Cl)c1)NCC1(O)CCC1. The van der Waals surface area contributed by atoms with E-state index in [1.165, 1.54) is 0 Å². The lowest BCUT2D eigenvalue weighted by atomic mass is 9.80. The summed E-state index contributed by atoms with van der Waals surface area (Å²) in [7, 11) is 0. The van der Waals surface area contributed by atoms with Gasteiger partial charge in [-0.2, -0.15) is 0 Å². The van der Waals surface area contributed by atoms with Crippen molar-refractivity contribution in [3.63, 3.8) is 0 Å². The molecule has 1 aromatic rings. The molecular weight excluding hydrogens is 282 g/mol. The number of thioether (sulfide) groups is 1. The largest absolute Gasteiger partial charge is 0.388 e. The summed E-state index contributed by atoms with van der Waals surface area (Å²) in [5.41, 5.74) is 0.468. The minimum absolute atomic E-state index is 0.0210. The predicted octanol–water partition coefficient (Wildman–Crippen LogP) is 2.60. The van der Waals surface area contributed by atoms with Crippen LogP contribution in [-0.4, -0.2) is 28.9 Å². The lowest BCUT2D eigenvalue weighted by Gasteiger charge is -2.36. The number of nitrogens with one attached hydrogen (secondary N) is 1. The van der Waals surface area contributed by atoms with E-state index in [-0.39, 0.29) is 5.91 Å². The lowest BCUT2D eigenvalue weighted by Crippen LogP contribution is -2.48. The van der Waals surface area contributed by atoms with Gasteiger partial charge < -0.3 is 10.4 Å². The number of carbonyl (C=O) groups is 1. The van der Waals surface area contributed by atoms with Gasteiger partial charge in [-0.05, 0) is 37.0 Å². The van der Waals surface area contributed by atoms with E-state index >= 15 is 0 Å². The summed E-state index contributed by atoms with van der Waals surface area (Å²) in [5.74, 6) is 1.15. The first-order valence-corrected chi connectivity index (χ1v) is 7.92. The van der Waals surface area contributed by atoms with Crippen LogP contribution in [0.5, 0.6) is 0 Å². The molecule has 1 saturated carbocycles. The number of rotatable bonds is 6. The minimum Gasteiger partial charge on any atom is -0.388 e. The number of amides is 1. The summed E-state index contributed by atoms with van der Waals surface area (Å²) in [6.07, 6.45) is 2.64. The Bertz CT molecular complexity index is 449. The maximum Gasteiger partial charge on any atom is 0.230 e. The standard InChI is InChI=1S/C14H18ClNO2S/c15-12-4-1-3-11(7-12)8-19-9-13(17)16-10-14(18)5-2-6-14/h1,3-4,7,18H,2,5-6,8-10H2,(H,16,17). The molecule has 1 aliphatic rings. The van der Waals surface area contributed by atoms with E-state index in [0.717, 1.165) is 35.6 Å². The third-order valence-corrected chi connectivity index (χ3v) is 4.53. The van der Waals surface area contributed by atoms with Crippen molar-refractivity contribution in [1.82, 2.24) is 5.32 Å². The second-order valence-corrected chi connectivity index (χ2v) is 6.40. The molecule has 0 radical (unpaired) electrons. The summed E-state index contributed by atoms with van der Waals surface area (Å²) < 4.78 is 0. The zero-order valence-corrected chi connectivity index (χ0v) is 12.3. The van der Waals surface area contributed by atoms with Gasteiger partial charge in [-0.3, -0.25) is 4.79 Å². The number of halogens is 1. The molecule has 0 unspecified atom stereocenters. The number of aliphatic hydroxyl groups is 1. The van der Waals surface area contributed by atoms with Crippen LogP contribution < -0.4 is 5.32 Å². The Morgan fingerprint density at radius 2 is 2.26 bits per heavy atom. The Hall–Kier alpha value is -0.710. The van der Waals surface area contributed by atoms with Crippen molar-refractivity contribution >= 4 is 29.3 Å². The Kier molecular flexibility index (Phi) is 5.13. The van der Waals surface area contributed by atoms with Crippen molar-refractivity contribution in [2.75, 3.05) is 12.3 Å². The molecule has 1 amide bonds. The first-order valence-electron chi connectivity index (χ1n) is 6.39. The van der Waals surface area contributed by atoms with Crippen LogP contribution in [0.3, 0.4) is 0 Å². The monoisotopic (exact) mass is 299 g/mol. The van der Waals surface area contributed by atoms with Gasteiger partial charge >= 0.3 is 0 Å². The maximum atomic E-state index is 11.6. The Morgan fingerprint density at radius 3 is 2.89 bits per heavy atom. The Balaban J connectivity index is 1.63. The van der Waals surface area contributed by atoms with E-state index in [1.807, 2.05) is 24.3 Å². The highest BCUT2D eigenvalue weighted by molar-refractivity contribution is 7.99. The summed E-state index contributed by atoms with van der Waals surface area (Å²) in [6, 6.07) is 7.64. The fourth-order valence-electron chi connectivity index (χ4n) is 1.96. The molecule has 0 heterocycles. The fourth-order valence-corrected chi connectivity index (χ4v) is 2.98. The molecule has 1 aromatic carbocycles. The molecule has 2 rings (SSSR count). The summed E-state index contributed by atoms with van der Waals surface area (Å²) in [4.78, 5) is 11.6. The molecule has 2 N–H and O–H groups in total. The van der Waals surface area contributed by atoms with Crippen LogP contribution in [0, 0.1) is 0 Å². The van der Waals surface area contributed by atoms with Gasteiger partial charge in [0.1, 0.15) is 0 Å². The van der Waals surface area contributed by atoms with Gasteiger partial charge in [0.15, 0.2) is 0 Å². The average molecular weight is 300 g/mol. The topological polar surface area (TPSA) is 49.3 Å². The van der Waals surface area contributed by atoms with Crippen molar-refractivity contribution < 1.29 is 9.90 Å². The van der Waals surface area contributed by atoms with Gasteiger partial charge in [0, 0.05) is 17.3 Å². The highest BCUT2D eigenvalue weighted by Crippen LogP contribution is 2.30. The molecule has 5 heteroatoms. The molecule has 19 heavy (non-hydrogen) atoms. The Morgan fingerprint density at radius 1 is 1.47 bits per heavy atom. The second-order valence-electron chi connectivity index (χ2n) is 4.98. The van der Waals surface area contributed by atoms with Crippen LogP contribution in [0.15, 0.2) is 24.3 Å². The smallest absolute Gasteiger partial charge is 0.230 e.